The summed E-state index contributed by atoms with van der Waals surface area (Å²) in [5.74, 6) is -1.77. The molecule has 0 saturated carbocycles. The number of aromatic nitrogens is 2. The van der Waals surface area contributed by atoms with Gasteiger partial charge >= 0.3 is 10.2 Å². The number of imide groups is 1. The van der Waals surface area contributed by atoms with Gasteiger partial charge in [-0.15, -0.1) is 0 Å². The Morgan fingerprint density at radius 3 is 2.29 bits per heavy atom. The highest BCUT2D eigenvalue weighted by Crippen LogP contribution is 2.36. The van der Waals surface area contributed by atoms with Crippen LogP contribution in [-0.2, 0) is 26.3 Å². The van der Waals surface area contributed by atoms with Crippen molar-refractivity contribution in [1.82, 2.24) is 29.0 Å². The van der Waals surface area contributed by atoms with Crippen molar-refractivity contribution < 1.29 is 36.3 Å². The van der Waals surface area contributed by atoms with E-state index in [1.807, 2.05) is 36.4 Å². The molecular formula is C48H48F2N10O7S. The van der Waals surface area contributed by atoms with E-state index in [0.29, 0.717) is 35.7 Å². The Morgan fingerprint density at radius 2 is 1.57 bits per heavy atom. The summed E-state index contributed by atoms with van der Waals surface area (Å²) in [4.78, 5) is 64.5. The zero-order chi connectivity index (χ0) is 47.3. The number of ether oxygens (including phenoxy) is 1. The summed E-state index contributed by atoms with van der Waals surface area (Å²) in [7, 11) is -4.24. The van der Waals surface area contributed by atoms with Gasteiger partial charge in [0, 0.05) is 88.8 Å². The highest BCUT2D eigenvalue weighted by Gasteiger charge is 2.39. The van der Waals surface area contributed by atoms with E-state index in [9.17, 15) is 37.2 Å². The number of halogens is 2. The number of hydrogen-bond acceptors (Lipinski definition) is 12. The molecule has 1 unspecified atom stereocenters. The Hall–Kier alpha value is -6.95. The maximum Gasteiger partial charge on any atom is 0.301 e. The average Bonchev–Trinajstić information content (AvgIpc) is 3.93. The van der Waals surface area contributed by atoms with E-state index < -0.39 is 51.0 Å². The second-order valence-electron chi connectivity index (χ2n) is 17.9. The maximum absolute atomic E-state index is 15.2. The SMILES string of the molecule is N#Cc1c(NS(=O)(=O)N2CCC(F)C2)ccc(F)c1Oc1ccc2ncn(-c3ccc(N4CCN(CC5CCN(c6ccc7c(c6)CN([C@H]6CCC(=O)NC6=O)C7=O)CC5)CC4)cc3)c(=O)c2c1. The first-order valence-electron chi connectivity index (χ1n) is 22.8. The minimum absolute atomic E-state index is 0.0155. The molecule has 68 heavy (non-hydrogen) atoms. The number of hydrogen-bond donors (Lipinski definition) is 2. The zero-order valence-corrected chi connectivity index (χ0v) is 37.8. The van der Waals surface area contributed by atoms with Gasteiger partial charge in [0.15, 0.2) is 11.6 Å². The van der Waals surface area contributed by atoms with Crippen LogP contribution in [-0.4, -0.2) is 121 Å². The van der Waals surface area contributed by atoms with Crippen LogP contribution in [0.2, 0.25) is 0 Å². The summed E-state index contributed by atoms with van der Waals surface area (Å²) in [6.07, 6.45) is 2.85. The van der Waals surface area contributed by atoms with Gasteiger partial charge in [0.05, 0.1) is 22.3 Å². The van der Waals surface area contributed by atoms with Crippen LogP contribution in [0.5, 0.6) is 11.5 Å². The number of piperidine rings is 2. The van der Waals surface area contributed by atoms with Crippen molar-refractivity contribution in [3.63, 3.8) is 0 Å². The highest BCUT2D eigenvalue weighted by molar-refractivity contribution is 7.90. The largest absolute Gasteiger partial charge is 0.453 e. The molecule has 5 aliphatic rings. The predicted molar refractivity (Wildman–Crippen MR) is 248 cm³/mol. The summed E-state index contributed by atoms with van der Waals surface area (Å²) >= 11 is 0. The molecule has 5 aromatic rings. The van der Waals surface area contributed by atoms with Crippen LogP contribution in [0.25, 0.3) is 16.6 Å². The number of rotatable bonds is 11. The highest BCUT2D eigenvalue weighted by atomic mass is 32.2. The molecule has 5 aliphatic heterocycles. The van der Waals surface area contributed by atoms with Crippen LogP contribution >= 0.6 is 0 Å². The smallest absolute Gasteiger partial charge is 0.301 e. The van der Waals surface area contributed by atoms with Crippen molar-refractivity contribution in [2.24, 2.45) is 5.92 Å². The number of amides is 3. The molecule has 0 aliphatic carbocycles. The average molecular weight is 947 g/mol. The Balaban J connectivity index is 0.733. The van der Waals surface area contributed by atoms with Crippen molar-refractivity contribution in [3.8, 4) is 23.3 Å². The summed E-state index contributed by atoms with van der Waals surface area (Å²) in [5, 5.41) is 12.5. The zero-order valence-electron chi connectivity index (χ0n) is 36.9. The lowest BCUT2D eigenvalue weighted by atomic mass is 9.95. The number of fused-ring (bicyclic) bond motifs is 2. The number of benzene rings is 4. The molecule has 2 atom stereocenters. The van der Waals surface area contributed by atoms with Gasteiger partial charge in [-0.05, 0) is 110 Å². The van der Waals surface area contributed by atoms with Gasteiger partial charge in [0.1, 0.15) is 35.9 Å². The summed E-state index contributed by atoms with van der Waals surface area (Å²) in [6.45, 7) is 6.39. The first-order valence-corrected chi connectivity index (χ1v) is 24.2. The third-order valence-corrected chi connectivity index (χ3v) is 15.2. The van der Waals surface area contributed by atoms with Crippen LogP contribution < -0.4 is 30.1 Å². The predicted octanol–water partition coefficient (Wildman–Crippen LogP) is 4.69. The van der Waals surface area contributed by atoms with Gasteiger partial charge < -0.3 is 19.4 Å². The molecule has 0 bridgehead atoms. The van der Waals surface area contributed by atoms with Crippen molar-refractivity contribution in [3.05, 3.63) is 112 Å². The molecular weight excluding hydrogens is 899 g/mol. The number of alkyl halides is 1. The number of anilines is 3. The van der Waals surface area contributed by atoms with Crippen molar-refractivity contribution in [2.45, 2.75) is 50.9 Å². The fraction of sp³-hybridized carbons (Fsp3) is 0.375. The first-order chi connectivity index (χ1) is 32.8. The topological polar surface area (TPSA) is 194 Å². The van der Waals surface area contributed by atoms with Crippen LogP contribution in [0.1, 0.15) is 53.6 Å². The van der Waals surface area contributed by atoms with Gasteiger partial charge in [0.2, 0.25) is 11.8 Å². The molecule has 0 radical (unpaired) electrons. The fourth-order valence-corrected chi connectivity index (χ4v) is 11.2. The quantitative estimate of drug-likeness (QED) is 0.174. The molecule has 17 nitrogen and oxygen atoms in total. The molecule has 10 rings (SSSR count). The number of nitrogens with one attached hydrogen (secondary N) is 2. The normalized spacial score (nSPS) is 20.7. The molecule has 4 fully saturated rings. The standard InChI is InChI=1S/C48H48F2N10O7S/c49-32-15-18-58(28-32)68(65,66)54-42-10-8-40(50)45(39(42)25-51)67-36-6-9-41-38(24-36)48(64)60(29-52-41)34-3-1-33(2-4-34)57-21-19-55(20-22-57)26-30-13-16-56(17-14-30)35-5-7-37-31(23-35)27-59(47(37)63)43-11-12-44(61)53-46(43)62/h1-10,23-24,29-30,32,43,54H,11-22,26-28H2,(H,53,61,62)/t32?,43-/m0/s1. The minimum Gasteiger partial charge on any atom is -0.453 e. The van der Waals surface area contributed by atoms with Crippen LogP contribution in [0.3, 0.4) is 0 Å². The second-order valence-corrected chi connectivity index (χ2v) is 19.6. The lowest BCUT2D eigenvalue weighted by Gasteiger charge is -2.40. The van der Waals surface area contributed by atoms with Gasteiger partial charge in [-0.2, -0.15) is 18.0 Å². The number of carbonyl (C=O) groups excluding carboxylic acids is 3. The second kappa shape index (κ2) is 18.3. The van der Waals surface area contributed by atoms with Crippen LogP contribution in [0.4, 0.5) is 25.8 Å². The lowest BCUT2D eigenvalue weighted by molar-refractivity contribution is -0.136. The van der Waals surface area contributed by atoms with E-state index >= 15 is 4.39 Å². The van der Waals surface area contributed by atoms with Crippen molar-refractivity contribution >= 4 is 55.9 Å². The van der Waals surface area contributed by atoms with Crippen molar-refractivity contribution in [1.29, 1.82) is 5.26 Å². The van der Waals surface area contributed by atoms with Gasteiger partial charge in [-0.1, -0.05) is 0 Å². The van der Waals surface area contributed by atoms with Crippen molar-refractivity contribution in [2.75, 3.05) is 73.4 Å². The van der Waals surface area contributed by atoms with Gasteiger partial charge in [-0.25, -0.2) is 13.8 Å². The Kier molecular flexibility index (Phi) is 12.1. The lowest BCUT2D eigenvalue weighted by Crippen LogP contribution is -2.52. The van der Waals surface area contributed by atoms with Gasteiger partial charge in [0.25, 0.3) is 11.5 Å². The van der Waals surface area contributed by atoms with E-state index in [4.69, 9.17) is 4.74 Å². The molecule has 3 amide bonds. The van der Waals surface area contributed by atoms with E-state index in [2.05, 4.69) is 35.8 Å². The molecule has 1 aromatic heterocycles. The molecule has 4 aromatic carbocycles. The molecule has 0 spiro atoms. The molecule has 352 valence electrons. The maximum atomic E-state index is 15.2. The van der Waals surface area contributed by atoms with E-state index in [1.54, 1.807) is 11.0 Å². The number of nitrogens with zero attached hydrogens (tertiary/aromatic N) is 8. The molecule has 2 N–H and O–H groups in total. The van der Waals surface area contributed by atoms with E-state index in [0.717, 1.165) is 92.0 Å². The summed E-state index contributed by atoms with van der Waals surface area (Å²) < 4.78 is 65.2. The number of piperazine rings is 1. The Bertz CT molecular complexity index is 3040. The Morgan fingerprint density at radius 1 is 0.838 bits per heavy atom. The van der Waals surface area contributed by atoms with E-state index in [1.165, 1.54) is 29.1 Å². The number of carbonyl (C=O) groups is 3. The summed E-state index contributed by atoms with van der Waals surface area (Å²) in [5.41, 5.74) is 3.51. The van der Waals surface area contributed by atoms with Crippen LogP contribution in [0.15, 0.2) is 83.9 Å². The Labute approximate surface area is 390 Å². The minimum atomic E-state index is -4.24. The summed E-state index contributed by atoms with van der Waals surface area (Å²) in [6, 6.07) is 21.2. The first kappa shape index (κ1) is 44.9. The van der Waals surface area contributed by atoms with Crippen LogP contribution in [0, 0.1) is 23.1 Å². The monoisotopic (exact) mass is 946 g/mol. The molecule has 4 saturated heterocycles. The fourth-order valence-electron chi connectivity index (χ4n) is 9.94. The molecule has 20 heteroatoms. The third kappa shape index (κ3) is 8.84. The molecule has 6 heterocycles. The number of nitriles is 1. The third-order valence-electron chi connectivity index (χ3n) is 13.7. The van der Waals surface area contributed by atoms with Gasteiger partial charge in [-0.3, -0.25) is 38.7 Å². The van der Waals surface area contributed by atoms with E-state index in [-0.39, 0.29) is 54.6 Å².